The van der Waals surface area contributed by atoms with Crippen molar-refractivity contribution in [1.82, 2.24) is 0 Å². The van der Waals surface area contributed by atoms with Crippen molar-refractivity contribution < 1.29 is 27.0 Å². The molecule has 0 amide bonds. The van der Waals surface area contributed by atoms with Crippen molar-refractivity contribution in [1.29, 1.82) is 0 Å². The third-order valence-corrected chi connectivity index (χ3v) is 9.53. The van der Waals surface area contributed by atoms with Gasteiger partial charge in [0.2, 0.25) is 0 Å². The zero-order valence-electron chi connectivity index (χ0n) is 15.5. The highest BCUT2D eigenvalue weighted by Crippen LogP contribution is 2.54. The van der Waals surface area contributed by atoms with Gasteiger partial charge < -0.3 is 14.4 Å². The molecule has 25 heavy (non-hydrogen) atoms. The van der Waals surface area contributed by atoms with E-state index in [2.05, 4.69) is 0 Å². The first-order chi connectivity index (χ1) is 11.5. The fourth-order valence-corrected chi connectivity index (χ4v) is 5.38. The van der Waals surface area contributed by atoms with Gasteiger partial charge in [0.05, 0.1) is 18.1 Å². The monoisotopic (exact) mass is 392 g/mol. The van der Waals surface area contributed by atoms with Gasteiger partial charge in [-0.15, -0.1) is 0 Å². The average molecular weight is 392 g/mol. The highest BCUT2D eigenvalue weighted by atomic mass is 32.2. The molecule has 0 aliphatic carbocycles. The molecule has 0 saturated heterocycles. The van der Waals surface area contributed by atoms with E-state index in [0.717, 1.165) is 5.56 Å². The van der Waals surface area contributed by atoms with Gasteiger partial charge in [-0.05, 0) is 19.1 Å². The van der Waals surface area contributed by atoms with Crippen molar-refractivity contribution in [2.75, 3.05) is 19.6 Å². The molecular formula is C17H29O6PS. The summed E-state index contributed by atoms with van der Waals surface area (Å²) in [4.78, 5) is 0.0461. The molecule has 1 N–H and O–H groups in total. The van der Waals surface area contributed by atoms with Crippen molar-refractivity contribution in [3.63, 3.8) is 0 Å². The maximum absolute atomic E-state index is 12.9. The maximum atomic E-state index is 12.9. The lowest BCUT2D eigenvalue weighted by atomic mass is 10.2. The second kappa shape index (κ2) is 9.28. The summed E-state index contributed by atoms with van der Waals surface area (Å²) in [7, 11) is -6.53. The van der Waals surface area contributed by atoms with Gasteiger partial charge >= 0.3 is 0 Å². The van der Waals surface area contributed by atoms with Crippen LogP contribution in [0.2, 0.25) is 0 Å². The molecule has 1 aromatic carbocycles. The largest absolute Gasteiger partial charge is 0.394 e. The van der Waals surface area contributed by atoms with Crippen LogP contribution in [0.3, 0.4) is 0 Å². The van der Waals surface area contributed by atoms with Crippen LogP contribution < -0.4 is 0 Å². The molecule has 6 nitrogen and oxygen atoms in total. The quantitative estimate of drug-likeness (QED) is 0.486. The summed E-state index contributed by atoms with van der Waals surface area (Å²) in [6.07, 6.45) is -0.868. The zero-order valence-corrected chi connectivity index (χ0v) is 17.2. The first kappa shape index (κ1) is 22.3. The highest BCUT2D eigenvalue weighted by Gasteiger charge is 2.32. The number of aryl methyl sites for hydroxylation is 1. The van der Waals surface area contributed by atoms with Gasteiger partial charge in [-0.25, -0.2) is 0 Å². The van der Waals surface area contributed by atoms with Crippen LogP contribution in [0.5, 0.6) is 0 Å². The maximum Gasteiger partial charge on any atom is 0.297 e. The second-order valence-electron chi connectivity index (χ2n) is 6.69. The molecule has 0 spiro atoms. The van der Waals surface area contributed by atoms with E-state index in [4.69, 9.17) is 8.92 Å². The number of hydrogen-bond acceptors (Lipinski definition) is 6. The molecule has 0 saturated carbocycles. The van der Waals surface area contributed by atoms with Crippen molar-refractivity contribution >= 4 is 17.3 Å². The normalized spacial score (nSPS) is 14.2. The Bertz CT molecular complexity index is 670. The van der Waals surface area contributed by atoms with Gasteiger partial charge in [-0.2, -0.15) is 8.42 Å². The van der Waals surface area contributed by atoms with Crippen LogP contribution in [-0.4, -0.2) is 50.5 Å². The standard InChI is InChI=1S/C17H29O6PS/c1-13(2)24(19,14(3)4)12-22-16(10-18)11-23-25(20,21)17-8-6-15(5)7-9-17/h6-9,13-14,16,18H,10-12H2,1-5H3/t16-/m0/s1. The molecule has 144 valence electrons. The number of hydrogen-bond donors (Lipinski definition) is 1. The van der Waals surface area contributed by atoms with Crippen molar-refractivity contribution in [2.45, 2.75) is 56.9 Å². The van der Waals surface area contributed by atoms with E-state index < -0.39 is 30.0 Å². The van der Waals surface area contributed by atoms with Crippen LogP contribution in [0.4, 0.5) is 0 Å². The Morgan fingerprint density at radius 3 is 2.04 bits per heavy atom. The molecule has 0 radical (unpaired) electrons. The lowest BCUT2D eigenvalue weighted by molar-refractivity contribution is 0.00731. The van der Waals surface area contributed by atoms with E-state index in [9.17, 15) is 18.1 Å². The fourth-order valence-electron chi connectivity index (χ4n) is 2.21. The van der Waals surface area contributed by atoms with E-state index >= 15 is 0 Å². The zero-order chi connectivity index (χ0) is 19.3. The third-order valence-electron chi connectivity index (χ3n) is 4.18. The van der Waals surface area contributed by atoms with E-state index in [1.165, 1.54) is 12.1 Å². The molecule has 1 rings (SSSR count). The lowest BCUT2D eigenvalue weighted by Crippen LogP contribution is -2.28. The van der Waals surface area contributed by atoms with Crippen LogP contribution in [0.15, 0.2) is 29.2 Å². The van der Waals surface area contributed by atoms with Crippen molar-refractivity contribution in [3.05, 3.63) is 29.8 Å². The number of benzene rings is 1. The lowest BCUT2D eigenvalue weighted by Gasteiger charge is -2.27. The summed E-state index contributed by atoms with van der Waals surface area (Å²) in [6.45, 7) is 8.59. The SMILES string of the molecule is Cc1ccc(S(=O)(=O)OC[C@H](CO)OCP(=O)(C(C)C)C(C)C)cc1. The number of aliphatic hydroxyl groups is 1. The Morgan fingerprint density at radius 2 is 1.60 bits per heavy atom. The Balaban J connectivity index is 2.70. The number of ether oxygens (including phenoxy) is 1. The van der Waals surface area contributed by atoms with E-state index in [0.29, 0.717) is 0 Å². The molecule has 1 aromatic rings. The van der Waals surface area contributed by atoms with E-state index in [-0.39, 0.29) is 29.2 Å². The summed E-state index contributed by atoms with van der Waals surface area (Å²) in [5.74, 6) is 0. The van der Waals surface area contributed by atoms with Crippen molar-refractivity contribution in [3.8, 4) is 0 Å². The summed E-state index contributed by atoms with van der Waals surface area (Å²) in [5, 5.41) is 9.41. The van der Waals surface area contributed by atoms with Crippen LogP contribution in [0, 0.1) is 6.92 Å². The molecule has 0 unspecified atom stereocenters. The van der Waals surface area contributed by atoms with Gasteiger partial charge in [-0.3, -0.25) is 4.18 Å². The van der Waals surface area contributed by atoms with Crippen LogP contribution in [0.25, 0.3) is 0 Å². The molecule has 0 fully saturated rings. The molecule has 0 heterocycles. The Kier molecular flexibility index (Phi) is 8.29. The van der Waals surface area contributed by atoms with Gasteiger partial charge in [0, 0.05) is 11.3 Å². The molecule has 0 aliphatic rings. The van der Waals surface area contributed by atoms with Crippen LogP contribution >= 0.6 is 7.14 Å². The van der Waals surface area contributed by atoms with Gasteiger partial charge in [-0.1, -0.05) is 45.4 Å². The molecule has 1 atom stereocenters. The highest BCUT2D eigenvalue weighted by molar-refractivity contribution is 7.86. The molecule has 8 heteroatoms. The predicted molar refractivity (Wildman–Crippen MR) is 99.0 cm³/mol. The molecule has 0 aromatic heterocycles. The topological polar surface area (TPSA) is 89.9 Å². The van der Waals surface area contributed by atoms with Gasteiger partial charge in [0.25, 0.3) is 10.1 Å². The summed E-state index contributed by atoms with van der Waals surface area (Å²) in [6, 6.07) is 6.28. The number of rotatable bonds is 10. The first-order valence-electron chi connectivity index (χ1n) is 8.30. The molecule has 0 aliphatic heterocycles. The van der Waals surface area contributed by atoms with Crippen LogP contribution in [0.1, 0.15) is 33.3 Å². The predicted octanol–water partition coefficient (Wildman–Crippen LogP) is 3.22. The van der Waals surface area contributed by atoms with Crippen LogP contribution in [-0.2, 0) is 23.6 Å². The summed E-state index contributed by atoms with van der Waals surface area (Å²) in [5.41, 5.74) is 0.835. The third kappa shape index (κ3) is 6.19. The summed E-state index contributed by atoms with van der Waals surface area (Å²) >= 11 is 0. The Hall–Kier alpha value is -0.720. The smallest absolute Gasteiger partial charge is 0.297 e. The Morgan fingerprint density at radius 1 is 1.08 bits per heavy atom. The second-order valence-corrected chi connectivity index (χ2v) is 12.3. The summed E-state index contributed by atoms with van der Waals surface area (Å²) < 4.78 is 47.8. The van der Waals surface area contributed by atoms with E-state index in [1.807, 2.05) is 34.6 Å². The molecular weight excluding hydrogens is 363 g/mol. The Labute approximate surface area is 151 Å². The molecule has 0 bridgehead atoms. The number of aliphatic hydroxyl groups excluding tert-OH is 1. The first-order valence-corrected chi connectivity index (χ1v) is 11.7. The van der Waals surface area contributed by atoms with E-state index in [1.54, 1.807) is 12.1 Å². The van der Waals surface area contributed by atoms with Gasteiger partial charge in [0.15, 0.2) is 0 Å². The minimum Gasteiger partial charge on any atom is -0.394 e. The fraction of sp³-hybridized carbons (Fsp3) is 0.647. The minimum absolute atomic E-state index is 0.0124. The average Bonchev–Trinajstić information content (AvgIpc) is 2.54. The van der Waals surface area contributed by atoms with Crippen molar-refractivity contribution in [2.24, 2.45) is 0 Å². The minimum atomic E-state index is -3.93. The van der Waals surface area contributed by atoms with Gasteiger partial charge in [0.1, 0.15) is 19.6 Å².